The van der Waals surface area contributed by atoms with Crippen LogP contribution >= 0.6 is 34.2 Å². The smallest absolute Gasteiger partial charge is 0.363 e. The predicted molar refractivity (Wildman–Crippen MR) is 133 cm³/mol. The molecule has 0 saturated heterocycles. The molecule has 0 N–H and O–H groups in total. The Morgan fingerprint density at radius 2 is 1.88 bits per heavy atom. The van der Waals surface area contributed by atoms with Crippen LogP contribution in [0.25, 0.3) is 6.08 Å². The lowest BCUT2D eigenvalue weighted by molar-refractivity contribution is -0.129. The zero-order valence-corrected chi connectivity index (χ0v) is 20.4. The molecule has 0 fully saturated rings. The fraction of sp³-hybridized carbons (Fsp3) is 0.120. The van der Waals surface area contributed by atoms with Gasteiger partial charge in [-0.2, -0.15) is 0 Å². The number of benzene rings is 3. The first kappa shape index (κ1) is 23.3. The van der Waals surface area contributed by atoms with Crippen molar-refractivity contribution < 1.29 is 23.4 Å². The van der Waals surface area contributed by atoms with Crippen LogP contribution in [0.1, 0.15) is 23.6 Å². The van der Waals surface area contributed by atoms with Crippen molar-refractivity contribution in [1.29, 1.82) is 0 Å². The van der Waals surface area contributed by atoms with E-state index >= 15 is 0 Å². The molecule has 1 aliphatic heterocycles. The lowest BCUT2D eigenvalue weighted by Crippen LogP contribution is -2.07. The number of cyclic esters (lactones) is 1. The van der Waals surface area contributed by atoms with Gasteiger partial charge in [-0.15, -0.1) is 0 Å². The summed E-state index contributed by atoms with van der Waals surface area (Å²) in [6.45, 7) is 2.65. The number of carbonyl (C=O) groups excluding carboxylic acids is 1. The second kappa shape index (κ2) is 10.4. The van der Waals surface area contributed by atoms with Gasteiger partial charge >= 0.3 is 5.97 Å². The van der Waals surface area contributed by atoms with Gasteiger partial charge < -0.3 is 14.2 Å². The van der Waals surface area contributed by atoms with E-state index in [9.17, 15) is 9.18 Å². The standard InChI is InChI=1S/C25H18ClFINO4/c1-2-31-22-13-16(11-20(28)23(22)32-14-15-7-9-17(26)10-8-15)12-21-25(30)33-24(29-21)18-5-3-4-6-19(18)27/h3-13H,2,14H2,1H3/b21-12-. The van der Waals surface area contributed by atoms with Crippen molar-refractivity contribution in [2.75, 3.05) is 6.61 Å². The summed E-state index contributed by atoms with van der Waals surface area (Å²) in [4.78, 5) is 16.5. The van der Waals surface area contributed by atoms with Crippen molar-refractivity contribution >= 4 is 52.1 Å². The summed E-state index contributed by atoms with van der Waals surface area (Å²) in [5.41, 5.74) is 1.84. The van der Waals surface area contributed by atoms with E-state index in [1.165, 1.54) is 12.1 Å². The maximum Gasteiger partial charge on any atom is 0.363 e. The third-order valence-electron chi connectivity index (χ3n) is 4.66. The van der Waals surface area contributed by atoms with Crippen molar-refractivity contribution in [3.8, 4) is 11.5 Å². The normalized spacial score (nSPS) is 14.2. The molecule has 0 aromatic heterocycles. The Bertz CT molecular complexity index is 1260. The maximum atomic E-state index is 14.0. The Labute approximate surface area is 209 Å². The summed E-state index contributed by atoms with van der Waals surface area (Å²) in [5.74, 6) is -0.0917. The second-order valence-electron chi connectivity index (χ2n) is 6.99. The highest BCUT2D eigenvalue weighted by atomic mass is 127. The van der Waals surface area contributed by atoms with Gasteiger partial charge in [0.05, 0.1) is 15.7 Å². The van der Waals surface area contributed by atoms with E-state index in [1.54, 1.807) is 36.4 Å². The van der Waals surface area contributed by atoms with Gasteiger partial charge in [-0.05, 0) is 83.1 Å². The Hall–Kier alpha value is -2.91. The van der Waals surface area contributed by atoms with E-state index in [1.807, 2.05) is 25.1 Å². The third-order valence-corrected chi connectivity index (χ3v) is 5.71. The van der Waals surface area contributed by atoms with Crippen LogP contribution in [0.15, 0.2) is 71.4 Å². The van der Waals surface area contributed by atoms with Gasteiger partial charge in [0, 0.05) is 5.02 Å². The van der Waals surface area contributed by atoms with E-state index in [0.717, 1.165) is 9.13 Å². The molecule has 4 rings (SSSR count). The number of rotatable bonds is 7. The van der Waals surface area contributed by atoms with Crippen LogP contribution in [0.3, 0.4) is 0 Å². The molecular formula is C25H18ClFINO4. The fourth-order valence-electron chi connectivity index (χ4n) is 3.13. The van der Waals surface area contributed by atoms with Crippen molar-refractivity contribution in [3.05, 3.63) is 97.5 Å². The first-order valence-corrected chi connectivity index (χ1v) is 11.5. The molecule has 0 saturated carbocycles. The Morgan fingerprint density at radius 1 is 1.12 bits per heavy atom. The molecular weight excluding hydrogens is 560 g/mol. The SMILES string of the molecule is CCOc1cc(/C=C2\N=C(c3ccccc3F)OC2=O)cc(I)c1OCc1ccc(Cl)cc1. The minimum Gasteiger partial charge on any atom is -0.490 e. The summed E-state index contributed by atoms with van der Waals surface area (Å²) in [5, 5.41) is 0.659. The van der Waals surface area contributed by atoms with Crippen LogP contribution in [-0.2, 0) is 16.1 Å². The van der Waals surface area contributed by atoms with Gasteiger partial charge in [-0.1, -0.05) is 35.9 Å². The first-order valence-electron chi connectivity index (χ1n) is 10.1. The van der Waals surface area contributed by atoms with E-state index in [-0.39, 0.29) is 17.2 Å². The lowest BCUT2D eigenvalue weighted by Gasteiger charge is -2.15. The number of aliphatic imine (C=N–C) groups is 1. The van der Waals surface area contributed by atoms with Gasteiger partial charge in [0.15, 0.2) is 17.2 Å². The van der Waals surface area contributed by atoms with Crippen LogP contribution in [0.2, 0.25) is 5.02 Å². The van der Waals surface area contributed by atoms with E-state index in [4.69, 9.17) is 25.8 Å². The summed E-state index contributed by atoms with van der Waals surface area (Å²) < 4.78 is 31.8. The molecule has 3 aromatic rings. The fourth-order valence-corrected chi connectivity index (χ4v) is 4.03. The van der Waals surface area contributed by atoms with Gasteiger partial charge in [0.25, 0.3) is 0 Å². The summed E-state index contributed by atoms with van der Waals surface area (Å²) in [6, 6.07) is 17.0. The number of hydrogen-bond acceptors (Lipinski definition) is 5. The van der Waals surface area contributed by atoms with Gasteiger partial charge in [-0.25, -0.2) is 14.2 Å². The van der Waals surface area contributed by atoms with E-state index in [0.29, 0.717) is 35.3 Å². The largest absolute Gasteiger partial charge is 0.490 e. The molecule has 0 unspecified atom stereocenters. The number of ether oxygens (including phenoxy) is 3. The molecule has 0 aliphatic carbocycles. The number of halogens is 3. The van der Waals surface area contributed by atoms with E-state index < -0.39 is 11.8 Å². The maximum absolute atomic E-state index is 14.0. The Morgan fingerprint density at radius 3 is 2.61 bits per heavy atom. The van der Waals surface area contributed by atoms with Crippen LogP contribution in [0.4, 0.5) is 4.39 Å². The van der Waals surface area contributed by atoms with Crippen molar-refractivity contribution in [3.63, 3.8) is 0 Å². The highest BCUT2D eigenvalue weighted by molar-refractivity contribution is 14.1. The summed E-state index contributed by atoms with van der Waals surface area (Å²) in [6.07, 6.45) is 1.57. The molecule has 0 amide bonds. The number of esters is 1. The van der Waals surface area contributed by atoms with Gasteiger partial charge in [-0.3, -0.25) is 0 Å². The Kier molecular flexibility index (Phi) is 7.29. The predicted octanol–water partition coefficient (Wildman–Crippen LogP) is 6.41. The topological polar surface area (TPSA) is 57.1 Å². The quantitative estimate of drug-likeness (QED) is 0.185. The first-order chi connectivity index (χ1) is 15.9. The highest BCUT2D eigenvalue weighted by Gasteiger charge is 2.26. The average Bonchev–Trinajstić information content (AvgIpc) is 3.15. The second-order valence-corrected chi connectivity index (χ2v) is 8.59. The molecule has 0 radical (unpaired) electrons. The number of carbonyl (C=O) groups is 1. The van der Waals surface area contributed by atoms with Crippen LogP contribution in [0, 0.1) is 9.39 Å². The van der Waals surface area contributed by atoms with E-state index in [2.05, 4.69) is 27.6 Å². The number of nitrogens with zero attached hydrogens (tertiary/aromatic N) is 1. The zero-order valence-electron chi connectivity index (χ0n) is 17.5. The zero-order chi connectivity index (χ0) is 23.4. The molecule has 8 heteroatoms. The number of hydrogen-bond donors (Lipinski definition) is 0. The van der Waals surface area contributed by atoms with Crippen LogP contribution in [-0.4, -0.2) is 18.5 Å². The molecule has 5 nitrogen and oxygen atoms in total. The average molecular weight is 578 g/mol. The highest BCUT2D eigenvalue weighted by Crippen LogP contribution is 2.36. The van der Waals surface area contributed by atoms with Crippen LogP contribution in [0.5, 0.6) is 11.5 Å². The molecule has 0 atom stereocenters. The van der Waals surface area contributed by atoms with Crippen molar-refractivity contribution in [1.82, 2.24) is 0 Å². The monoisotopic (exact) mass is 577 g/mol. The van der Waals surface area contributed by atoms with Gasteiger partial charge in [0.1, 0.15) is 12.4 Å². The Balaban J connectivity index is 1.61. The minimum absolute atomic E-state index is 0.0630. The minimum atomic E-state index is -0.649. The molecule has 0 spiro atoms. The summed E-state index contributed by atoms with van der Waals surface area (Å²) in [7, 11) is 0. The molecule has 168 valence electrons. The molecule has 3 aromatic carbocycles. The lowest BCUT2D eigenvalue weighted by atomic mass is 10.1. The van der Waals surface area contributed by atoms with Crippen molar-refractivity contribution in [2.24, 2.45) is 4.99 Å². The molecule has 1 heterocycles. The van der Waals surface area contributed by atoms with Crippen LogP contribution < -0.4 is 9.47 Å². The van der Waals surface area contributed by atoms with Crippen molar-refractivity contribution in [2.45, 2.75) is 13.5 Å². The summed E-state index contributed by atoms with van der Waals surface area (Å²) >= 11 is 8.09. The molecule has 0 bridgehead atoms. The van der Waals surface area contributed by atoms with Gasteiger partial charge in [0.2, 0.25) is 5.90 Å². The third kappa shape index (κ3) is 5.54. The molecule has 1 aliphatic rings. The molecule has 33 heavy (non-hydrogen) atoms.